The Hall–Kier alpha value is -1.18. The van der Waals surface area contributed by atoms with E-state index in [2.05, 4.69) is 29.2 Å². The van der Waals surface area contributed by atoms with Crippen LogP contribution >= 0.6 is 0 Å². The van der Waals surface area contributed by atoms with Crippen molar-refractivity contribution in [3.8, 4) is 5.75 Å². The molecule has 1 heterocycles. The molecule has 5 aliphatic carbocycles. The van der Waals surface area contributed by atoms with Crippen LogP contribution in [-0.4, -0.2) is 63.4 Å². The van der Waals surface area contributed by atoms with Gasteiger partial charge in [-0.1, -0.05) is 12.1 Å². The molecule has 6 fully saturated rings. The SMILES string of the molecule is COC1(OO[C@H]2CC[C@@H](c3cccc(OCCN4CCOCC4)c3)CC2)C2CC3CC(C2)CC1C3. The lowest BCUT2D eigenvalue weighted by Gasteiger charge is -2.58. The Kier molecular flexibility index (Phi) is 7.37. The first kappa shape index (κ1) is 24.2. The van der Waals surface area contributed by atoms with Gasteiger partial charge in [-0.2, -0.15) is 0 Å². The van der Waals surface area contributed by atoms with E-state index in [9.17, 15) is 0 Å². The lowest BCUT2D eigenvalue weighted by molar-refractivity contribution is -0.485. The van der Waals surface area contributed by atoms with Gasteiger partial charge in [-0.25, -0.2) is 9.78 Å². The second-order valence-corrected chi connectivity index (χ2v) is 11.8. The molecule has 6 nitrogen and oxygen atoms in total. The highest BCUT2D eigenvalue weighted by Crippen LogP contribution is 2.60. The van der Waals surface area contributed by atoms with Crippen LogP contribution in [0.15, 0.2) is 24.3 Å². The summed E-state index contributed by atoms with van der Waals surface area (Å²) in [4.78, 5) is 14.9. The molecule has 1 aliphatic heterocycles. The van der Waals surface area contributed by atoms with Crippen molar-refractivity contribution in [3.63, 3.8) is 0 Å². The molecular weight excluding hydrogens is 442 g/mol. The first-order valence-electron chi connectivity index (χ1n) is 14.1. The quantitative estimate of drug-likeness (QED) is 0.273. The number of morpholine rings is 1. The Bertz CT molecular complexity index is 804. The van der Waals surface area contributed by atoms with Crippen molar-refractivity contribution in [2.24, 2.45) is 23.7 Å². The average Bonchev–Trinajstić information content (AvgIpc) is 2.90. The van der Waals surface area contributed by atoms with Crippen molar-refractivity contribution in [1.82, 2.24) is 4.90 Å². The zero-order chi connectivity index (χ0) is 23.7. The van der Waals surface area contributed by atoms with Crippen molar-refractivity contribution < 1.29 is 24.0 Å². The highest BCUT2D eigenvalue weighted by Gasteiger charge is 2.60. The van der Waals surface area contributed by atoms with Crippen LogP contribution in [0.4, 0.5) is 0 Å². The van der Waals surface area contributed by atoms with Crippen molar-refractivity contribution in [2.45, 2.75) is 75.6 Å². The molecule has 35 heavy (non-hydrogen) atoms. The molecule has 0 amide bonds. The molecule has 0 radical (unpaired) electrons. The van der Waals surface area contributed by atoms with Gasteiger partial charge in [-0.05, 0) is 93.2 Å². The van der Waals surface area contributed by atoms with Gasteiger partial charge in [-0.15, -0.1) is 0 Å². The van der Waals surface area contributed by atoms with Crippen LogP contribution in [0.1, 0.15) is 69.3 Å². The van der Waals surface area contributed by atoms with Crippen molar-refractivity contribution in [2.75, 3.05) is 46.6 Å². The van der Waals surface area contributed by atoms with Crippen LogP contribution in [0.5, 0.6) is 5.75 Å². The minimum atomic E-state index is -0.503. The molecule has 194 valence electrons. The molecular formula is C29H43NO5. The van der Waals surface area contributed by atoms with E-state index in [1.165, 1.54) is 37.7 Å². The van der Waals surface area contributed by atoms with E-state index in [1.807, 2.05) is 7.11 Å². The zero-order valence-corrected chi connectivity index (χ0v) is 21.4. The third-order valence-electron chi connectivity index (χ3n) is 9.69. The van der Waals surface area contributed by atoms with Gasteiger partial charge >= 0.3 is 0 Å². The van der Waals surface area contributed by atoms with Crippen molar-refractivity contribution in [3.05, 3.63) is 29.8 Å². The maximum Gasteiger partial charge on any atom is 0.207 e. The maximum atomic E-state index is 6.30. The number of hydrogen-bond donors (Lipinski definition) is 0. The number of nitrogens with zero attached hydrogens (tertiary/aromatic N) is 1. The van der Waals surface area contributed by atoms with E-state index in [0.29, 0.717) is 17.8 Å². The summed E-state index contributed by atoms with van der Waals surface area (Å²) >= 11 is 0. The Balaban J connectivity index is 0.975. The highest BCUT2D eigenvalue weighted by atomic mass is 17.2. The van der Waals surface area contributed by atoms with Crippen LogP contribution < -0.4 is 4.74 Å². The summed E-state index contributed by atoms with van der Waals surface area (Å²) in [6.07, 6.45) is 10.9. The second-order valence-electron chi connectivity index (χ2n) is 11.8. The monoisotopic (exact) mass is 485 g/mol. The summed E-state index contributed by atoms with van der Waals surface area (Å²) in [6.45, 7) is 5.37. The first-order chi connectivity index (χ1) is 17.2. The average molecular weight is 486 g/mol. The van der Waals surface area contributed by atoms with E-state index in [-0.39, 0.29) is 6.10 Å². The standard InChI is InChI=1S/C29H43NO5/c1-31-29(25-16-21-15-22(18-25)19-26(29)17-21)35-34-27-7-5-23(6-8-27)24-3-2-4-28(20-24)33-14-11-30-9-12-32-13-10-30/h2-4,20-23,25-27H,5-19H2,1H3/t21?,22?,23-,25?,26?,27+,29?. The highest BCUT2D eigenvalue weighted by molar-refractivity contribution is 5.31. The zero-order valence-electron chi connectivity index (χ0n) is 21.4. The molecule has 1 saturated heterocycles. The van der Waals surface area contributed by atoms with Crippen LogP contribution in [0.2, 0.25) is 0 Å². The normalized spacial score (nSPS) is 39.1. The molecule has 0 unspecified atom stereocenters. The van der Waals surface area contributed by atoms with Crippen molar-refractivity contribution >= 4 is 0 Å². The fraction of sp³-hybridized carbons (Fsp3) is 0.793. The summed E-state index contributed by atoms with van der Waals surface area (Å²) in [5.41, 5.74) is 1.39. The number of hydrogen-bond acceptors (Lipinski definition) is 6. The number of methoxy groups -OCH3 is 1. The Morgan fingerprint density at radius 1 is 0.943 bits per heavy atom. The van der Waals surface area contributed by atoms with Crippen LogP contribution in [0.25, 0.3) is 0 Å². The number of rotatable bonds is 9. The van der Waals surface area contributed by atoms with Gasteiger partial charge in [-0.3, -0.25) is 4.90 Å². The minimum Gasteiger partial charge on any atom is -0.492 e. The lowest BCUT2D eigenvalue weighted by Crippen LogP contribution is -2.60. The van der Waals surface area contributed by atoms with E-state index in [1.54, 1.807) is 0 Å². The largest absolute Gasteiger partial charge is 0.492 e. The Labute approximate surface area is 210 Å². The molecule has 1 aromatic rings. The van der Waals surface area contributed by atoms with Gasteiger partial charge in [0.25, 0.3) is 0 Å². The summed E-state index contributed by atoms with van der Waals surface area (Å²) < 4.78 is 17.6. The third-order valence-corrected chi connectivity index (χ3v) is 9.69. The molecule has 0 aromatic heterocycles. The maximum absolute atomic E-state index is 6.30. The fourth-order valence-electron chi connectivity index (χ4n) is 7.96. The predicted molar refractivity (Wildman–Crippen MR) is 133 cm³/mol. The Morgan fingerprint density at radius 2 is 1.66 bits per heavy atom. The summed E-state index contributed by atoms with van der Waals surface area (Å²) in [5, 5.41) is 0. The Morgan fingerprint density at radius 3 is 2.34 bits per heavy atom. The summed E-state index contributed by atoms with van der Waals surface area (Å²) in [7, 11) is 1.83. The molecule has 4 bridgehead atoms. The molecule has 0 atom stereocenters. The topological polar surface area (TPSA) is 49.4 Å². The van der Waals surface area contributed by atoms with Gasteiger partial charge in [0.15, 0.2) is 0 Å². The van der Waals surface area contributed by atoms with Crippen molar-refractivity contribution in [1.29, 1.82) is 0 Å². The van der Waals surface area contributed by atoms with Crippen LogP contribution in [-0.2, 0) is 19.2 Å². The van der Waals surface area contributed by atoms with Gasteiger partial charge in [0, 0.05) is 38.6 Å². The first-order valence-corrected chi connectivity index (χ1v) is 14.1. The molecule has 0 N–H and O–H groups in total. The summed E-state index contributed by atoms with van der Waals surface area (Å²) in [6, 6.07) is 8.72. The van der Waals surface area contributed by atoms with Gasteiger partial charge in [0.05, 0.1) is 19.3 Å². The molecule has 6 heteroatoms. The van der Waals surface area contributed by atoms with Crippen LogP contribution in [0.3, 0.4) is 0 Å². The van der Waals surface area contributed by atoms with Crippen LogP contribution in [0, 0.1) is 23.7 Å². The molecule has 0 spiro atoms. The fourth-order valence-corrected chi connectivity index (χ4v) is 7.96. The second kappa shape index (κ2) is 10.7. The van der Waals surface area contributed by atoms with E-state index < -0.39 is 5.79 Å². The third kappa shape index (κ3) is 5.15. The number of ether oxygens (including phenoxy) is 3. The minimum absolute atomic E-state index is 0.170. The molecule has 7 rings (SSSR count). The van der Waals surface area contributed by atoms with Gasteiger partial charge in [0.1, 0.15) is 12.4 Å². The lowest BCUT2D eigenvalue weighted by atomic mass is 9.53. The molecule has 6 aliphatic rings. The van der Waals surface area contributed by atoms with Gasteiger partial charge < -0.3 is 14.2 Å². The van der Waals surface area contributed by atoms with E-state index in [0.717, 1.165) is 82.7 Å². The number of benzene rings is 1. The smallest absolute Gasteiger partial charge is 0.207 e. The summed E-state index contributed by atoms with van der Waals surface area (Å²) in [5.74, 6) is 3.84. The molecule has 1 aromatic carbocycles. The molecule has 5 saturated carbocycles. The van der Waals surface area contributed by atoms with Gasteiger partial charge in [0.2, 0.25) is 5.79 Å². The predicted octanol–water partition coefficient (Wildman–Crippen LogP) is 5.17. The van der Waals surface area contributed by atoms with E-state index >= 15 is 0 Å². The van der Waals surface area contributed by atoms with E-state index in [4.69, 9.17) is 24.0 Å².